The van der Waals surface area contributed by atoms with Crippen molar-refractivity contribution < 1.29 is 14.4 Å². The third-order valence-corrected chi connectivity index (χ3v) is 6.13. The van der Waals surface area contributed by atoms with Crippen molar-refractivity contribution in [3.63, 3.8) is 0 Å². The molecule has 3 aromatic carbocycles. The van der Waals surface area contributed by atoms with Gasteiger partial charge in [-0.3, -0.25) is 14.4 Å². The Hall–Kier alpha value is -3.90. The van der Waals surface area contributed by atoms with Crippen molar-refractivity contribution in [2.45, 2.75) is 20.3 Å². The number of carbonyl (C=O) groups excluding carboxylic acids is 3. The first kappa shape index (κ1) is 23.3. The van der Waals surface area contributed by atoms with E-state index in [0.29, 0.717) is 23.5 Å². The molecule has 0 bridgehead atoms. The van der Waals surface area contributed by atoms with Crippen molar-refractivity contribution >= 4 is 40.7 Å². The smallest absolute Gasteiger partial charge is 0.283 e. The predicted octanol–water partition coefficient (Wildman–Crippen LogP) is 4.71. The van der Waals surface area contributed by atoms with Gasteiger partial charge in [-0.25, -0.2) is 4.90 Å². The molecule has 4 rings (SSSR count). The molecule has 1 heterocycles. The van der Waals surface area contributed by atoms with Gasteiger partial charge in [0.05, 0.1) is 5.69 Å². The first-order valence-electron chi connectivity index (χ1n) is 10.9. The van der Waals surface area contributed by atoms with E-state index in [1.165, 1.54) is 0 Å². The lowest BCUT2D eigenvalue weighted by molar-refractivity contribution is -0.120. The van der Waals surface area contributed by atoms with Crippen LogP contribution in [-0.4, -0.2) is 24.3 Å². The summed E-state index contributed by atoms with van der Waals surface area (Å²) in [5.74, 6) is -1.36. The third-order valence-electron chi connectivity index (χ3n) is 5.78. The van der Waals surface area contributed by atoms with Crippen LogP contribution in [0.15, 0.2) is 83.5 Å². The number of hydrogen-bond donors (Lipinski definition) is 2. The molecule has 0 unspecified atom stereocenters. The Morgan fingerprint density at radius 2 is 1.65 bits per heavy atom. The van der Waals surface area contributed by atoms with Gasteiger partial charge in [-0.2, -0.15) is 0 Å². The van der Waals surface area contributed by atoms with Crippen molar-refractivity contribution in [3.05, 3.63) is 106 Å². The second-order valence-corrected chi connectivity index (χ2v) is 8.43. The molecule has 0 spiro atoms. The molecular weight excluding hydrogens is 450 g/mol. The minimum Gasteiger partial charge on any atom is -0.352 e. The molecule has 0 saturated heterocycles. The molecule has 3 amide bonds. The highest BCUT2D eigenvalue weighted by atomic mass is 35.5. The van der Waals surface area contributed by atoms with E-state index in [4.69, 9.17) is 11.6 Å². The van der Waals surface area contributed by atoms with Gasteiger partial charge in [-0.05, 0) is 61.2 Å². The Morgan fingerprint density at radius 3 is 2.41 bits per heavy atom. The number of aryl methyl sites for hydroxylation is 1. The van der Waals surface area contributed by atoms with Crippen LogP contribution < -0.4 is 15.5 Å². The molecule has 0 fully saturated rings. The zero-order valence-corrected chi connectivity index (χ0v) is 19.6. The van der Waals surface area contributed by atoms with Gasteiger partial charge in [0, 0.05) is 17.8 Å². The zero-order valence-electron chi connectivity index (χ0n) is 18.9. The summed E-state index contributed by atoms with van der Waals surface area (Å²) in [4.78, 5) is 39.6. The van der Waals surface area contributed by atoms with E-state index in [9.17, 15) is 14.4 Å². The highest BCUT2D eigenvalue weighted by molar-refractivity contribution is 6.53. The molecule has 172 valence electrons. The van der Waals surface area contributed by atoms with E-state index in [0.717, 1.165) is 28.0 Å². The Morgan fingerprint density at radius 1 is 0.912 bits per heavy atom. The fraction of sp³-hybridized carbons (Fsp3) is 0.148. The summed E-state index contributed by atoms with van der Waals surface area (Å²) in [6, 6.07) is 22.0. The molecule has 0 aromatic heterocycles. The van der Waals surface area contributed by atoms with Gasteiger partial charge in [0.15, 0.2) is 0 Å². The second-order valence-electron chi connectivity index (χ2n) is 8.05. The van der Waals surface area contributed by atoms with Crippen LogP contribution in [0.5, 0.6) is 0 Å². The number of imide groups is 1. The molecule has 7 heteroatoms. The van der Waals surface area contributed by atoms with Crippen LogP contribution in [0.2, 0.25) is 0 Å². The molecule has 0 saturated carbocycles. The number of anilines is 2. The molecule has 6 nitrogen and oxygen atoms in total. The quantitative estimate of drug-likeness (QED) is 0.487. The maximum Gasteiger partial charge on any atom is 0.283 e. The summed E-state index contributed by atoms with van der Waals surface area (Å²) in [6.07, 6.45) is 0.720. The zero-order chi connectivity index (χ0) is 24.2. The molecule has 0 atom stereocenters. The van der Waals surface area contributed by atoms with Crippen LogP contribution in [0.4, 0.5) is 11.4 Å². The summed E-state index contributed by atoms with van der Waals surface area (Å²) in [5, 5.41) is 5.65. The topological polar surface area (TPSA) is 78.5 Å². The van der Waals surface area contributed by atoms with Crippen molar-refractivity contribution in [2.24, 2.45) is 0 Å². The van der Waals surface area contributed by atoms with Crippen LogP contribution in [0, 0.1) is 13.8 Å². The minimum absolute atomic E-state index is 0.0193. The van der Waals surface area contributed by atoms with E-state index in [1.807, 2.05) is 50.2 Å². The van der Waals surface area contributed by atoms with Gasteiger partial charge in [0.25, 0.3) is 17.7 Å². The lowest BCUT2D eigenvalue weighted by Crippen LogP contribution is -2.33. The summed E-state index contributed by atoms with van der Waals surface area (Å²) in [7, 11) is 0. The molecule has 34 heavy (non-hydrogen) atoms. The molecule has 0 aliphatic carbocycles. The monoisotopic (exact) mass is 473 g/mol. The summed E-state index contributed by atoms with van der Waals surface area (Å²) in [6.45, 7) is 4.26. The Bertz CT molecular complexity index is 1300. The van der Waals surface area contributed by atoms with Crippen molar-refractivity contribution in [1.82, 2.24) is 5.32 Å². The summed E-state index contributed by atoms with van der Waals surface area (Å²) >= 11 is 6.27. The summed E-state index contributed by atoms with van der Waals surface area (Å²) in [5.41, 5.74) is 4.31. The Kier molecular flexibility index (Phi) is 6.80. The van der Waals surface area contributed by atoms with E-state index < -0.39 is 11.8 Å². The first-order valence-corrected chi connectivity index (χ1v) is 11.3. The fourth-order valence-electron chi connectivity index (χ4n) is 3.76. The largest absolute Gasteiger partial charge is 0.352 e. The number of amides is 3. The van der Waals surface area contributed by atoms with Crippen molar-refractivity contribution in [3.8, 4) is 0 Å². The molecule has 2 N–H and O–H groups in total. The SMILES string of the molecule is Cc1cccc(N2C(=O)C(Cl)=C(Nc3cccc(C(=O)NCCc4ccccc4)c3)C2=O)c1C. The van der Waals surface area contributed by atoms with Gasteiger partial charge in [0.2, 0.25) is 0 Å². The van der Waals surface area contributed by atoms with E-state index >= 15 is 0 Å². The van der Waals surface area contributed by atoms with E-state index in [-0.39, 0.29) is 16.6 Å². The number of hydrogen-bond acceptors (Lipinski definition) is 4. The number of benzene rings is 3. The predicted molar refractivity (Wildman–Crippen MR) is 134 cm³/mol. The van der Waals surface area contributed by atoms with Crippen molar-refractivity contribution in [2.75, 3.05) is 16.8 Å². The van der Waals surface area contributed by atoms with E-state index in [2.05, 4.69) is 10.6 Å². The van der Waals surface area contributed by atoms with Crippen LogP contribution >= 0.6 is 11.6 Å². The molecule has 3 aromatic rings. The minimum atomic E-state index is -0.585. The second kappa shape index (κ2) is 9.93. The van der Waals surface area contributed by atoms with Gasteiger partial charge < -0.3 is 10.6 Å². The third kappa shape index (κ3) is 4.72. The van der Waals surface area contributed by atoms with Gasteiger partial charge in [0.1, 0.15) is 10.7 Å². The number of nitrogens with one attached hydrogen (secondary N) is 2. The lowest BCUT2D eigenvalue weighted by atomic mass is 10.1. The van der Waals surface area contributed by atoms with Crippen LogP contribution in [0.1, 0.15) is 27.0 Å². The van der Waals surface area contributed by atoms with Crippen LogP contribution in [0.25, 0.3) is 0 Å². The standard InChI is InChI=1S/C27H24ClN3O3/c1-17-8-6-13-22(18(17)2)31-26(33)23(28)24(27(31)34)30-21-12-7-11-20(16-21)25(32)29-15-14-19-9-4-3-5-10-19/h3-13,16,30H,14-15H2,1-2H3,(H,29,32). The lowest BCUT2D eigenvalue weighted by Gasteiger charge is -2.18. The number of carbonyl (C=O) groups is 3. The number of nitrogens with zero attached hydrogens (tertiary/aromatic N) is 1. The average molecular weight is 474 g/mol. The number of halogens is 1. The van der Waals surface area contributed by atoms with Crippen molar-refractivity contribution in [1.29, 1.82) is 0 Å². The van der Waals surface area contributed by atoms with Gasteiger partial charge in [-0.15, -0.1) is 0 Å². The maximum atomic E-state index is 13.1. The first-order chi connectivity index (χ1) is 16.4. The number of rotatable bonds is 7. The van der Waals surface area contributed by atoms with E-state index in [1.54, 1.807) is 36.4 Å². The van der Waals surface area contributed by atoms with Gasteiger partial charge in [-0.1, -0.05) is 60.1 Å². The van der Waals surface area contributed by atoms with Crippen LogP contribution in [-0.2, 0) is 16.0 Å². The Balaban J connectivity index is 1.47. The molecule has 0 radical (unpaired) electrons. The molecule has 1 aliphatic rings. The Labute approximate surface area is 203 Å². The molecular formula is C27H24ClN3O3. The maximum absolute atomic E-state index is 13.1. The summed E-state index contributed by atoms with van der Waals surface area (Å²) < 4.78 is 0. The normalized spacial score (nSPS) is 13.4. The highest BCUT2D eigenvalue weighted by Gasteiger charge is 2.39. The average Bonchev–Trinajstić information content (AvgIpc) is 3.05. The highest BCUT2D eigenvalue weighted by Crippen LogP contribution is 2.33. The van der Waals surface area contributed by atoms with Gasteiger partial charge >= 0.3 is 0 Å². The fourth-order valence-corrected chi connectivity index (χ4v) is 3.97. The molecule has 1 aliphatic heterocycles. The van der Waals surface area contributed by atoms with Crippen LogP contribution in [0.3, 0.4) is 0 Å².